The number of hydrogen-bond donors (Lipinski definition) is 1. The predicted octanol–water partition coefficient (Wildman–Crippen LogP) is 2.53. The van der Waals surface area contributed by atoms with Gasteiger partial charge in [0.15, 0.2) is 0 Å². The number of carbonyl (C=O) groups excluding carboxylic acids is 1. The maximum atomic E-state index is 12.2. The van der Waals surface area contributed by atoms with Crippen LogP contribution in [0.2, 0.25) is 0 Å². The molecule has 0 aliphatic carbocycles. The molecule has 0 radical (unpaired) electrons. The summed E-state index contributed by atoms with van der Waals surface area (Å²) in [7, 11) is 1.97. The zero-order valence-electron chi connectivity index (χ0n) is 14.0. The molecule has 1 aliphatic rings. The number of hydrogen-bond acceptors (Lipinski definition) is 3. The average molecular weight is 304 g/mol. The van der Waals surface area contributed by atoms with E-state index < -0.39 is 0 Å². The molecule has 0 spiro atoms. The summed E-state index contributed by atoms with van der Waals surface area (Å²) in [5.74, 6) is 1.77. The van der Waals surface area contributed by atoms with Gasteiger partial charge in [-0.3, -0.25) is 4.79 Å². The van der Waals surface area contributed by atoms with Crippen molar-refractivity contribution in [2.75, 3.05) is 33.3 Å². The highest BCUT2D eigenvalue weighted by Gasteiger charge is 2.25. The number of aryl methyl sites for hydroxylation is 2. The molecule has 4 heteroatoms. The lowest BCUT2D eigenvalue weighted by Crippen LogP contribution is -2.30. The third kappa shape index (κ3) is 4.73. The van der Waals surface area contributed by atoms with Gasteiger partial charge >= 0.3 is 0 Å². The highest BCUT2D eigenvalue weighted by atomic mass is 16.5. The quantitative estimate of drug-likeness (QED) is 0.787. The number of carbonyl (C=O) groups is 1. The molecule has 0 bridgehead atoms. The molecule has 1 aromatic rings. The van der Waals surface area contributed by atoms with E-state index in [1.54, 1.807) is 0 Å². The highest BCUT2D eigenvalue weighted by Crippen LogP contribution is 2.18. The molecule has 1 N–H and O–H groups in total. The molecule has 0 aromatic heterocycles. The van der Waals surface area contributed by atoms with Crippen molar-refractivity contribution in [1.29, 1.82) is 0 Å². The summed E-state index contributed by atoms with van der Waals surface area (Å²) >= 11 is 0. The summed E-state index contributed by atoms with van der Waals surface area (Å²) in [6, 6.07) is 6.12. The number of amides is 1. The highest BCUT2D eigenvalue weighted by molar-refractivity contribution is 5.76. The summed E-state index contributed by atoms with van der Waals surface area (Å²) < 4.78 is 5.73. The molecule has 1 aromatic carbocycles. The fraction of sp³-hybridized carbons (Fsp3) is 0.611. The second kappa shape index (κ2) is 8.18. The topological polar surface area (TPSA) is 41.6 Å². The van der Waals surface area contributed by atoms with Crippen LogP contribution in [0.1, 0.15) is 30.4 Å². The molecule has 22 heavy (non-hydrogen) atoms. The Kier molecular flexibility index (Phi) is 6.25. The van der Waals surface area contributed by atoms with Crippen molar-refractivity contribution in [2.24, 2.45) is 5.92 Å². The number of ether oxygens (including phenoxy) is 1. The van der Waals surface area contributed by atoms with Crippen molar-refractivity contribution in [3.05, 3.63) is 29.3 Å². The number of nitrogens with zero attached hydrogens (tertiary/aromatic N) is 1. The lowest BCUT2D eigenvalue weighted by atomic mass is 10.1. The molecule has 1 heterocycles. The van der Waals surface area contributed by atoms with Gasteiger partial charge in [0, 0.05) is 19.5 Å². The van der Waals surface area contributed by atoms with E-state index in [2.05, 4.69) is 31.3 Å². The van der Waals surface area contributed by atoms with Crippen molar-refractivity contribution in [3.8, 4) is 5.75 Å². The molecular weight excluding hydrogens is 276 g/mol. The molecule has 0 saturated carbocycles. The molecule has 1 saturated heterocycles. The van der Waals surface area contributed by atoms with Gasteiger partial charge in [-0.2, -0.15) is 0 Å². The van der Waals surface area contributed by atoms with E-state index in [1.807, 2.05) is 18.0 Å². The standard InChI is InChI=1S/C18H28N2O2/c1-14-6-7-17(11-15(14)2)22-10-4-5-18(21)20-9-8-16(13-20)12-19-3/h6-7,11,16,19H,4-5,8-10,12-13H2,1-3H3/t16-/m0/s1. The Bertz CT molecular complexity index is 502. The van der Waals surface area contributed by atoms with Crippen LogP contribution in [-0.2, 0) is 4.79 Å². The first-order chi connectivity index (χ1) is 10.6. The minimum absolute atomic E-state index is 0.266. The summed E-state index contributed by atoms with van der Waals surface area (Å²) in [5, 5.41) is 3.19. The Balaban J connectivity index is 1.66. The third-order valence-electron chi connectivity index (χ3n) is 4.41. The van der Waals surface area contributed by atoms with Gasteiger partial charge in [-0.15, -0.1) is 0 Å². The van der Waals surface area contributed by atoms with Crippen LogP contribution in [0.4, 0.5) is 0 Å². The van der Waals surface area contributed by atoms with E-state index in [0.717, 1.165) is 38.2 Å². The first-order valence-corrected chi connectivity index (χ1v) is 8.22. The number of benzene rings is 1. The zero-order valence-corrected chi connectivity index (χ0v) is 14.0. The Morgan fingerprint density at radius 2 is 2.18 bits per heavy atom. The largest absolute Gasteiger partial charge is 0.494 e. The van der Waals surface area contributed by atoms with Crippen LogP contribution >= 0.6 is 0 Å². The normalized spacial score (nSPS) is 17.8. The molecule has 4 nitrogen and oxygen atoms in total. The molecule has 1 atom stereocenters. The van der Waals surface area contributed by atoms with E-state index >= 15 is 0 Å². The van der Waals surface area contributed by atoms with Gasteiger partial charge in [-0.1, -0.05) is 6.07 Å². The molecule has 122 valence electrons. The minimum Gasteiger partial charge on any atom is -0.494 e. The Morgan fingerprint density at radius 3 is 2.91 bits per heavy atom. The first-order valence-electron chi connectivity index (χ1n) is 8.22. The fourth-order valence-corrected chi connectivity index (χ4v) is 2.89. The Hall–Kier alpha value is -1.55. The van der Waals surface area contributed by atoms with Gasteiger partial charge in [0.2, 0.25) is 5.91 Å². The molecule has 0 unspecified atom stereocenters. The van der Waals surface area contributed by atoms with Crippen LogP contribution in [-0.4, -0.2) is 44.1 Å². The van der Waals surface area contributed by atoms with E-state index in [1.165, 1.54) is 11.1 Å². The zero-order chi connectivity index (χ0) is 15.9. The molecular formula is C18H28N2O2. The number of nitrogens with one attached hydrogen (secondary N) is 1. The van der Waals surface area contributed by atoms with Crippen molar-refractivity contribution < 1.29 is 9.53 Å². The SMILES string of the molecule is CNC[C@@H]1CCN(C(=O)CCCOc2ccc(C)c(C)c2)C1. The third-order valence-corrected chi connectivity index (χ3v) is 4.41. The first kappa shape index (κ1) is 16.8. The van der Waals surface area contributed by atoms with Crippen LogP contribution in [0.3, 0.4) is 0 Å². The van der Waals surface area contributed by atoms with E-state index in [0.29, 0.717) is 18.9 Å². The predicted molar refractivity (Wildman–Crippen MR) is 89.3 cm³/mol. The summed E-state index contributed by atoms with van der Waals surface area (Å²) in [4.78, 5) is 14.2. The van der Waals surface area contributed by atoms with Crippen LogP contribution in [0.15, 0.2) is 18.2 Å². The van der Waals surface area contributed by atoms with Crippen LogP contribution in [0.5, 0.6) is 5.75 Å². The smallest absolute Gasteiger partial charge is 0.222 e. The van der Waals surface area contributed by atoms with Gasteiger partial charge in [-0.05, 0) is 69.5 Å². The van der Waals surface area contributed by atoms with Crippen molar-refractivity contribution in [3.63, 3.8) is 0 Å². The number of likely N-dealkylation sites (tertiary alicyclic amines) is 1. The van der Waals surface area contributed by atoms with Gasteiger partial charge in [-0.25, -0.2) is 0 Å². The molecule has 1 aliphatic heterocycles. The van der Waals surface area contributed by atoms with Crippen molar-refractivity contribution in [2.45, 2.75) is 33.1 Å². The second-order valence-electron chi connectivity index (χ2n) is 6.25. The summed E-state index contributed by atoms with van der Waals surface area (Å²) in [5.41, 5.74) is 2.51. The van der Waals surface area contributed by atoms with E-state index in [-0.39, 0.29) is 5.91 Å². The van der Waals surface area contributed by atoms with Gasteiger partial charge in [0.1, 0.15) is 5.75 Å². The maximum Gasteiger partial charge on any atom is 0.222 e. The molecule has 1 amide bonds. The van der Waals surface area contributed by atoms with Crippen molar-refractivity contribution >= 4 is 5.91 Å². The summed E-state index contributed by atoms with van der Waals surface area (Å²) in [6.45, 7) is 7.58. The van der Waals surface area contributed by atoms with E-state index in [4.69, 9.17) is 4.74 Å². The average Bonchev–Trinajstić information content (AvgIpc) is 2.96. The fourth-order valence-electron chi connectivity index (χ4n) is 2.89. The summed E-state index contributed by atoms with van der Waals surface area (Å²) in [6.07, 6.45) is 2.47. The van der Waals surface area contributed by atoms with Gasteiger partial charge in [0.05, 0.1) is 6.61 Å². The maximum absolute atomic E-state index is 12.2. The van der Waals surface area contributed by atoms with Crippen LogP contribution in [0, 0.1) is 19.8 Å². The lowest BCUT2D eigenvalue weighted by Gasteiger charge is -2.16. The molecule has 2 rings (SSSR count). The van der Waals surface area contributed by atoms with Crippen molar-refractivity contribution in [1.82, 2.24) is 10.2 Å². The van der Waals surface area contributed by atoms with Crippen LogP contribution < -0.4 is 10.1 Å². The van der Waals surface area contributed by atoms with Crippen LogP contribution in [0.25, 0.3) is 0 Å². The minimum atomic E-state index is 0.266. The van der Waals surface area contributed by atoms with Gasteiger partial charge < -0.3 is 15.0 Å². The second-order valence-corrected chi connectivity index (χ2v) is 6.25. The van der Waals surface area contributed by atoms with E-state index in [9.17, 15) is 4.79 Å². The monoisotopic (exact) mass is 304 g/mol. The molecule has 1 fully saturated rings. The Morgan fingerprint density at radius 1 is 1.36 bits per heavy atom. The lowest BCUT2D eigenvalue weighted by molar-refractivity contribution is -0.130. The number of rotatable bonds is 7. The van der Waals surface area contributed by atoms with Gasteiger partial charge in [0.25, 0.3) is 0 Å². The Labute approximate surface area is 133 Å².